The van der Waals surface area contributed by atoms with Crippen LogP contribution < -0.4 is 4.72 Å². The van der Waals surface area contributed by atoms with Crippen LogP contribution in [0, 0.1) is 5.82 Å². The fraction of sp³-hybridized carbons (Fsp3) is 0.133. The highest BCUT2D eigenvalue weighted by Crippen LogP contribution is 2.14. The molecule has 2 aromatic carbocycles. The molecule has 5 nitrogen and oxygen atoms in total. The highest BCUT2D eigenvalue weighted by molar-refractivity contribution is 7.89. The van der Waals surface area contributed by atoms with E-state index >= 15 is 0 Å². The third-order valence-corrected chi connectivity index (χ3v) is 4.40. The quantitative estimate of drug-likeness (QED) is 0.855. The topological polar surface area (TPSA) is 72.5 Å². The lowest BCUT2D eigenvalue weighted by Gasteiger charge is -2.08. The second kappa shape index (κ2) is 6.67. The van der Waals surface area contributed by atoms with Gasteiger partial charge in [-0.25, -0.2) is 22.3 Å². The molecule has 0 aliphatic carbocycles. The van der Waals surface area contributed by atoms with E-state index < -0.39 is 26.7 Å². The van der Waals surface area contributed by atoms with Crippen LogP contribution in [0.3, 0.4) is 0 Å². The van der Waals surface area contributed by atoms with Crippen LogP contribution in [0.25, 0.3) is 0 Å². The number of methoxy groups -OCH3 is 1. The highest BCUT2D eigenvalue weighted by Gasteiger charge is 2.17. The monoisotopic (exact) mass is 323 g/mol. The molecule has 7 heteroatoms. The Morgan fingerprint density at radius 3 is 2.36 bits per heavy atom. The summed E-state index contributed by atoms with van der Waals surface area (Å²) < 4.78 is 44.4. The van der Waals surface area contributed by atoms with Crippen LogP contribution in [0.2, 0.25) is 0 Å². The molecule has 0 saturated carbocycles. The van der Waals surface area contributed by atoms with Crippen LogP contribution in [0.15, 0.2) is 53.4 Å². The van der Waals surface area contributed by atoms with E-state index in [9.17, 15) is 17.6 Å². The zero-order chi connectivity index (χ0) is 16.2. The van der Waals surface area contributed by atoms with Crippen molar-refractivity contribution in [3.8, 4) is 0 Å². The number of halogens is 1. The number of ether oxygens (including phenoxy) is 1. The van der Waals surface area contributed by atoms with Gasteiger partial charge in [0.25, 0.3) is 0 Å². The number of benzene rings is 2. The Morgan fingerprint density at radius 2 is 1.77 bits per heavy atom. The van der Waals surface area contributed by atoms with Crippen molar-refractivity contribution in [1.29, 1.82) is 0 Å². The Hall–Kier alpha value is -2.25. The van der Waals surface area contributed by atoms with Crippen molar-refractivity contribution in [2.45, 2.75) is 11.4 Å². The van der Waals surface area contributed by atoms with Gasteiger partial charge in [0.1, 0.15) is 10.7 Å². The van der Waals surface area contributed by atoms with Crippen LogP contribution in [0.1, 0.15) is 15.9 Å². The van der Waals surface area contributed by atoms with Crippen molar-refractivity contribution in [1.82, 2.24) is 4.72 Å². The number of carbonyl (C=O) groups excluding carboxylic acids is 1. The van der Waals surface area contributed by atoms with Crippen molar-refractivity contribution >= 4 is 16.0 Å². The summed E-state index contributed by atoms with van der Waals surface area (Å²) in [5, 5.41) is 0. The molecule has 1 N–H and O–H groups in total. The molecule has 2 rings (SSSR count). The first-order chi connectivity index (χ1) is 10.4. The summed E-state index contributed by atoms with van der Waals surface area (Å²) in [7, 11) is -2.66. The largest absolute Gasteiger partial charge is 0.465 e. The smallest absolute Gasteiger partial charge is 0.337 e. The van der Waals surface area contributed by atoms with Crippen LogP contribution in [0.5, 0.6) is 0 Å². The van der Waals surface area contributed by atoms with E-state index in [-0.39, 0.29) is 6.54 Å². The molecule has 116 valence electrons. The van der Waals surface area contributed by atoms with E-state index in [1.165, 1.54) is 37.4 Å². The number of rotatable bonds is 5. The maximum atomic E-state index is 13.5. The maximum Gasteiger partial charge on any atom is 0.337 e. The molecule has 0 unspecified atom stereocenters. The SMILES string of the molecule is COC(=O)c1ccc(CNS(=O)(=O)c2ccccc2F)cc1. The van der Waals surface area contributed by atoms with Crippen molar-refractivity contribution < 1.29 is 22.3 Å². The average molecular weight is 323 g/mol. The molecule has 0 fully saturated rings. The number of sulfonamides is 1. The summed E-state index contributed by atoms with van der Waals surface area (Å²) in [6, 6.07) is 11.4. The Balaban J connectivity index is 2.09. The summed E-state index contributed by atoms with van der Waals surface area (Å²) in [5.74, 6) is -1.28. The van der Waals surface area contributed by atoms with Gasteiger partial charge in [0, 0.05) is 6.54 Å². The Bertz CT molecular complexity index is 772. The predicted molar refractivity (Wildman–Crippen MR) is 78.2 cm³/mol. The standard InChI is InChI=1S/C15H14FNO4S/c1-21-15(18)12-8-6-11(7-9-12)10-17-22(19,20)14-5-3-2-4-13(14)16/h2-9,17H,10H2,1H3. The van der Waals surface area contributed by atoms with Crippen molar-refractivity contribution in [2.24, 2.45) is 0 Å². The fourth-order valence-corrected chi connectivity index (χ4v) is 2.89. The molecule has 0 amide bonds. The minimum atomic E-state index is -3.94. The third kappa shape index (κ3) is 3.69. The molecule has 0 spiro atoms. The Morgan fingerprint density at radius 1 is 1.14 bits per heavy atom. The lowest BCUT2D eigenvalue weighted by molar-refractivity contribution is 0.0600. The summed E-state index contributed by atoms with van der Waals surface area (Å²) in [6.45, 7) is -0.0158. The normalized spacial score (nSPS) is 11.2. The maximum absolute atomic E-state index is 13.5. The van der Waals surface area contributed by atoms with Crippen LogP contribution >= 0.6 is 0 Å². The molecule has 0 atom stereocenters. The Labute approximate surface area is 127 Å². The second-order valence-corrected chi connectivity index (χ2v) is 6.18. The van der Waals surface area contributed by atoms with E-state index in [0.29, 0.717) is 11.1 Å². The molecule has 0 aliphatic rings. The Kier molecular flexibility index (Phi) is 4.89. The van der Waals surface area contributed by atoms with Gasteiger partial charge in [0.2, 0.25) is 10.0 Å². The zero-order valence-electron chi connectivity index (χ0n) is 11.7. The number of hydrogen-bond donors (Lipinski definition) is 1. The van der Waals surface area contributed by atoms with E-state index in [1.807, 2.05) is 0 Å². The van der Waals surface area contributed by atoms with E-state index in [2.05, 4.69) is 9.46 Å². The van der Waals surface area contributed by atoms with E-state index in [4.69, 9.17) is 0 Å². The van der Waals surface area contributed by atoms with Gasteiger partial charge in [0.05, 0.1) is 12.7 Å². The first-order valence-electron chi connectivity index (χ1n) is 6.35. The molecule has 0 bridgehead atoms. The molecule has 0 radical (unpaired) electrons. The summed E-state index contributed by atoms with van der Waals surface area (Å²) >= 11 is 0. The number of esters is 1. The minimum Gasteiger partial charge on any atom is -0.465 e. The third-order valence-electron chi connectivity index (χ3n) is 2.97. The minimum absolute atomic E-state index is 0.0158. The van der Waals surface area contributed by atoms with Gasteiger partial charge in [0.15, 0.2) is 0 Å². The first-order valence-corrected chi connectivity index (χ1v) is 7.84. The molecule has 2 aromatic rings. The van der Waals surface area contributed by atoms with Gasteiger partial charge in [-0.05, 0) is 29.8 Å². The lowest BCUT2D eigenvalue weighted by Crippen LogP contribution is -2.24. The molecular formula is C15H14FNO4S. The molecule has 0 aromatic heterocycles. The molecule has 22 heavy (non-hydrogen) atoms. The number of hydrogen-bond acceptors (Lipinski definition) is 4. The highest BCUT2D eigenvalue weighted by atomic mass is 32.2. The van der Waals surface area contributed by atoms with Crippen molar-refractivity contribution in [3.63, 3.8) is 0 Å². The molecule has 0 saturated heterocycles. The fourth-order valence-electron chi connectivity index (χ4n) is 1.80. The predicted octanol–water partition coefficient (Wildman–Crippen LogP) is 2.09. The van der Waals surface area contributed by atoms with Gasteiger partial charge in [-0.3, -0.25) is 0 Å². The average Bonchev–Trinajstić information content (AvgIpc) is 2.53. The lowest BCUT2D eigenvalue weighted by atomic mass is 10.1. The van der Waals surface area contributed by atoms with Crippen LogP contribution in [-0.4, -0.2) is 21.5 Å². The number of carbonyl (C=O) groups is 1. The van der Waals surface area contributed by atoms with Gasteiger partial charge in [-0.1, -0.05) is 24.3 Å². The van der Waals surface area contributed by atoms with E-state index in [0.717, 1.165) is 6.07 Å². The van der Waals surface area contributed by atoms with Gasteiger partial charge in [-0.15, -0.1) is 0 Å². The zero-order valence-corrected chi connectivity index (χ0v) is 12.6. The van der Waals surface area contributed by atoms with Crippen LogP contribution in [0.4, 0.5) is 4.39 Å². The summed E-state index contributed by atoms with van der Waals surface area (Å²) in [4.78, 5) is 10.9. The second-order valence-electron chi connectivity index (χ2n) is 4.44. The van der Waals surface area contributed by atoms with Crippen molar-refractivity contribution in [3.05, 3.63) is 65.5 Å². The molecule has 0 aliphatic heterocycles. The van der Waals surface area contributed by atoms with Crippen LogP contribution in [-0.2, 0) is 21.3 Å². The van der Waals surface area contributed by atoms with Crippen molar-refractivity contribution in [2.75, 3.05) is 7.11 Å². The van der Waals surface area contributed by atoms with Gasteiger partial charge in [-0.2, -0.15) is 0 Å². The number of nitrogens with one attached hydrogen (secondary N) is 1. The van der Waals surface area contributed by atoms with Gasteiger partial charge < -0.3 is 4.74 Å². The first kappa shape index (κ1) is 16.1. The van der Waals surface area contributed by atoms with E-state index in [1.54, 1.807) is 12.1 Å². The summed E-state index contributed by atoms with van der Waals surface area (Å²) in [6.07, 6.45) is 0. The molecule has 0 heterocycles. The summed E-state index contributed by atoms with van der Waals surface area (Å²) in [5.41, 5.74) is 0.996. The van der Waals surface area contributed by atoms with Gasteiger partial charge >= 0.3 is 5.97 Å². The molecular weight excluding hydrogens is 309 g/mol.